The number of guanidine groups is 1. The van der Waals surface area contributed by atoms with E-state index in [9.17, 15) is 4.79 Å². The van der Waals surface area contributed by atoms with Crippen LogP contribution in [0.5, 0.6) is 0 Å². The average molecular weight is 340 g/mol. The molecule has 0 aromatic heterocycles. The number of nitrogens with two attached hydrogens (primary N) is 1. The van der Waals surface area contributed by atoms with Gasteiger partial charge in [-0.25, -0.2) is 4.99 Å². The second kappa shape index (κ2) is 7.70. The molecular weight excluding hydrogens is 319 g/mol. The minimum Gasteiger partial charge on any atom is -0.370 e. The summed E-state index contributed by atoms with van der Waals surface area (Å²) in [6.07, 6.45) is 3.29. The highest BCUT2D eigenvalue weighted by Crippen LogP contribution is 2.24. The first kappa shape index (κ1) is 15.5. The molecule has 0 saturated heterocycles. The zero-order valence-corrected chi connectivity index (χ0v) is 12.2. The number of carbonyl (C=O) groups is 1. The van der Waals surface area contributed by atoms with E-state index in [4.69, 9.17) is 5.73 Å². The summed E-state index contributed by atoms with van der Waals surface area (Å²) in [6, 6.07) is 0.535. The van der Waals surface area contributed by atoms with Crippen molar-refractivity contribution in [2.24, 2.45) is 10.7 Å². The summed E-state index contributed by atoms with van der Waals surface area (Å²) in [5.74, 6) is 0.396. The molecule has 1 amide bonds. The summed E-state index contributed by atoms with van der Waals surface area (Å²) in [6.45, 7) is 2.84. The first-order valence-electron chi connectivity index (χ1n) is 5.44. The maximum atomic E-state index is 11.2. The van der Waals surface area contributed by atoms with Crippen LogP contribution in [0, 0.1) is 0 Å². The van der Waals surface area contributed by atoms with E-state index in [1.807, 2.05) is 18.9 Å². The lowest BCUT2D eigenvalue weighted by Crippen LogP contribution is -2.37. The molecule has 0 spiro atoms. The number of nitrogens with one attached hydrogen (secondary N) is 1. The van der Waals surface area contributed by atoms with Crippen molar-refractivity contribution in [3.63, 3.8) is 0 Å². The van der Waals surface area contributed by atoms with Crippen molar-refractivity contribution < 1.29 is 4.79 Å². The topological polar surface area (TPSA) is 70.7 Å². The van der Waals surface area contributed by atoms with E-state index in [1.165, 1.54) is 12.8 Å². The molecule has 0 aliphatic heterocycles. The molecule has 1 aliphatic carbocycles. The summed E-state index contributed by atoms with van der Waals surface area (Å²) in [7, 11) is 1.92. The van der Waals surface area contributed by atoms with Gasteiger partial charge >= 0.3 is 0 Å². The van der Waals surface area contributed by atoms with Crippen LogP contribution in [-0.2, 0) is 4.79 Å². The van der Waals surface area contributed by atoms with Crippen molar-refractivity contribution >= 4 is 35.8 Å². The number of halogens is 1. The second-order valence-electron chi connectivity index (χ2n) is 3.87. The van der Waals surface area contributed by atoms with Gasteiger partial charge in [-0.1, -0.05) is 6.92 Å². The van der Waals surface area contributed by atoms with Crippen LogP contribution in [0.4, 0.5) is 0 Å². The fourth-order valence-corrected chi connectivity index (χ4v) is 1.23. The monoisotopic (exact) mass is 340 g/mol. The van der Waals surface area contributed by atoms with E-state index in [1.54, 1.807) is 0 Å². The number of hydrogen-bond donors (Lipinski definition) is 2. The van der Waals surface area contributed by atoms with E-state index in [0.717, 1.165) is 6.42 Å². The van der Waals surface area contributed by atoms with Gasteiger partial charge in [0.25, 0.3) is 0 Å². The van der Waals surface area contributed by atoms with E-state index in [0.29, 0.717) is 18.5 Å². The second-order valence-corrected chi connectivity index (χ2v) is 3.87. The molecule has 0 aromatic rings. The quantitative estimate of drug-likeness (QED) is 0.436. The van der Waals surface area contributed by atoms with Crippen molar-refractivity contribution in [3.05, 3.63) is 0 Å². The molecule has 3 N–H and O–H groups in total. The summed E-state index contributed by atoms with van der Waals surface area (Å²) in [5.41, 5.74) is 5.73. The van der Waals surface area contributed by atoms with E-state index >= 15 is 0 Å². The van der Waals surface area contributed by atoms with Crippen LogP contribution in [0.3, 0.4) is 0 Å². The molecule has 1 saturated carbocycles. The Morgan fingerprint density at radius 1 is 1.56 bits per heavy atom. The maximum absolute atomic E-state index is 11.2. The zero-order valence-electron chi connectivity index (χ0n) is 9.90. The van der Waals surface area contributed by atoms with Crippen molar-refractivity contribution in [1.29, 1.82) is 0 Å². The summed E-state index contributed by atoms with van der Waals surface area (Å²) in [5, 5.41) is 2.75. The Balaban J connectivity index is 0.00000225. The third-order valence-corrected chi connectivity index (χ3v) is 2.41. The van der Waals surface area contributed by atoms with Gasteiger partial charge in [0.1, 0.15) is 6.54 Å². The van der Waals surface area contributed by atoms with E-state index in [2.05, 4.69) is 10.3 Å². The molecule has 0 unspecified atom stereocenters. The van der Waals surface area contributed by atoms with Crippen LogP contribution < -0.4 is 11.1 Å². The Morgan fingerprint density at radius 3 is 2.69 bits per heavy atom. The lowest BCUT2D eigenvalue weighted by molar-refractivity contribution is -0.119. The highest BCUT2D eigenvalue weighted by molar-refractivity contribution is 14.0. The fourth-order valence-electron chi connectivity index (χ4n) is 1.23. The third-order valence-electron chi connectivity index (χ3n) is 2.41. The van der Waals surface area contributed by atoms with Crippen LogP contribution >= 0.6 is 24.0 Å². The maximum Gasteiger partial charge on any atom is 0.241 e. The first-order valence-corrected chi connectivity index (χ1v) is 5.44. The third kappa shape index (κ3) is 5.53. The normalized spacial score (nSPS) is 15.2. The number of carbonyl (C=O) groups excluding carboxylic acids is 1. The molecular formula is C10H21IN4O. The molecule has 6 heteroatoms. The van der Waals surface area contributed by atoms with Gasteiger partial charge in [-0.15, -0.1) is 24.0 Å². The largest absolute Gasteiger partial charge is 0.370 e. The van der Waals surface area contributed by atoms with Crippen molar-refractivity contribution in [2.45, 2.75) is 32.2 Å². The Hall–Kier alpha value is -0.530. The van der Waals surface area contributed by atoms with Crippen LogP contribution in [-0.4, -0.2) is 42.9 Å². The SMILES string of the molecule is CCCNC(=O)CN=C(N)N(C)C1CC1.I. The summed E-state index contributed by atoms with van der Waals surface area (Å²) in [4.78, 5) is 17.2. The van der Waals surface area contributed by atoms with Crippen molar-refractivity contribution in [2.75, 3.05) is 20.1 Å². The predicted octanol–water partition coefficient (Wildman–Crippen LogP) is 0.539. The number of nitrogens with zero attached hydrogens (tertiary/aromatic N) is 2. The van der Waals surface area contributed by atoms with Crippen LogP contribution in [0.15, 0.2) is 4.99 Å². The lowest BCUT2D eigenvalue weighted by atomic mass is 10.4. The number of rotatable bonds is 5. The van der Waals surface area contributed by atoms with Gasteiger partial charge in [-0.3, -0.25) is 4.79 Å². The molecule has 16 heavy (non-hydrogen) atoms. The predicted molar refractivity (Wildman–Crippen MR) is 76.0 cm³/mol. The number of hydrogen-bond acceptors (Lipinski definition) is 2. The highest BCUT2D eigenvalue weighted by atomic mass is 127. The molecule has 1 aliphatic rings. The Morgan fingerprint density at radius 2 is 2.19 bits per heavy atom. The fraction of sp³-hybridized carbons (Fsp3) is 0.800. The van der Waals surface area contributed by atoms with Crippen molar-refractivity contribution in [3.8, 4) is 0 Å². The average Bonchev–Trinajstić information content (AvgIpc) is 3.05. The van der Waals surface area contributed by atoms with Crippen LogP contribution in [0.1, 0.15) is 26.2 Å². The van der Waals surface area contributed by atoms with Crippen LogP contribution in [0.2, 0.25) is 0 Å². The van der Waals surface area contributed by atoms with Gasteiger partial charge in [0.05, 0.1) is 0 Å². The van der Waals surface area contributed by atoms with Gasteiger partial charge in [0.15, 0.2) is 5.96 Å². The minimum absolute atomic E-state index is 0. The minimum atomic E-state index is -0.0657. The molecule has 0 heterocycles. The standard InChI is InChI=1S/C10H20N4O.HI/c1-3-6-12-9(15)7-13-10(11)14(2)8-4-5-8;/h8H,3-7H2,1-2H3,(H2,11,13)(H,12,15);1H. The molecule has 1 rings (SSSR count). The molecule has 0 bridgehead atoms. The van der Waals surface area contributed by atoms with Gasteiger partial charge in [-0.05, 0) is 19.3 Å². The molecule has 0 atom stereocenters. The molecule has 1 fully saturated rings. The highest BCUT2D eigenvalue weighted by Gasteiger charge is 2.27. The first-order chi connectivity index (χ1) is 7.15. The number of aliphatic imine (C=N–C) groups is 1. The molecule has 0 radical (unpaired) electrons. The molecule has 94 valence electrons. The summed E-state index contributed by atoms with van der Waals surface area (Å²) >= 11 is 0. The van der Waals surface area contributed by atoms with Gasteiger partial charge < -0.3 is 16.0 Å². The van der Waals surface area contributed by atoms with E-state index < -0.39 is 0 Å². The van der Waals surface area contributed by atoms with Gasteiger partial charge in [-0.2, -0.15) is 0 Å². The van der Waals surface area contributed by atoms with E-state index in [-0.39, 0.29) is 36.4 Å². The Labute approximate surface area is 114 Å². The van der Waals surface area contributed by atoms with Gasteiger partial charge in [0.2, 0.25) is 5.91 Å². The number of amides is 1. The van der Waals surface area contributed by atoms with Gasteiger partial charge in [0, 0.05) is 19.6 Å². The molecule has 0 aromatic carbocycles. The van der Waals surface area contributed by atoms with Crippen LogP contribution in [0.25, 0.3) is 0 Å². The van der Waals surface area contributed by atoms with Crippen molar-refractivity contribution in [1.82, 2.24) is 10.2 Å². The zero-order chi connectivity index (χ0) is 11.3. The Bertz CT molecular complexity index is 253. The smallest absolute Gasteiger partial charge is 0.241 e. The lowest BCUT2D eigenvalue weighted by Gasteiger charge is -2.16. The Kier molecular flexibility index (Phi) is 7.44. The molecule has 5 nitrogen and oxygen atoms in total. The summed E-state index contributed by atoms with van der Waals surface area (Å²) < 4.78 is 0.